The van der Waals surface area contributed by atoms with E-state index in [1.807, 2.05) is 0 Å². The van der Waals surface area contributed by atoms with E-state index in [0.717, 1.165) is 11.1 Å². The minimum atomic E-state index is -3.56. The lowest BCUT2D eigenvalue weighted by Crippen LogP contribution is -2.43. The van der Waals surface area contributed by atoms with Gasteiger partial charge >= 0.3 is 10.2 Å². The fourth-order valence-corrected chi connectivity index (χ4v) is 3.25. The van der Waals surface area contributed by atoms with Crippen molar-refractivity contribution in [1.29, 1.82) is 0 Å². The molecule has 114 valence electrons. The average molecular weight is 310 g/mol. The van der Waals surface area contributed by atoms with Gasteiger partial charge in [0.25, 0.3) is 0 Å². The Labute approximate surface area is 124 Å². The van der Waals surface area contributed by atoms with E-state index < -0.39 is 10.2 Å². The summed E-state index contributed by atoms with van der Waals surface area (Å²) in [6.45, 7) is 3.14. The molecule has 0 saturated carbocycles. The zero-order valence-corrected chi connectivity index (χ0v) is 12.6. The SMILES string of the molecule is Cc1cc(C#CCO)ccc1NS(=O)(=O)N1CCOCC1. The maximum absolute atomic E-state index is 12.3. The van der Waals surface area contributed by atoms with Gasteiger partial charge in [0.2, 0.25) is 0 Å². The lowest BCUT2D eigenvalue weighted by molar-refractivity contribution is 0.0733. The molecule has 0 atom stereocenters. The molecule has 7 heteroatoms. The first kappa shape index (κ1) is 15.8. The summed E-state index contributed by atoms with van der Waals surface area (Å²) < 4.78 is 33.6. The van der Waals surface area contributed by atoms with E-state index in [4.69, 9.17) is 9.84 Å². The molecule has 21 heavy (non-hydrogen) atoms. The quantitative estimate of drug-likeness (QED) is 0.789. The second-order valence-electron chi connectivity index (χ2n) is 4.61. The number of nitrogens with one attached hydrogen (secondary N) is 1. The third-order valence-electron chi connectivity index (χ3n) is 3.09. The van der Waals surface area contributed by atoms with E-state index >= 15 is 0 Å². The van der Waals surface area contributed by atoms with Crippen LogP contribution in [0.2, 0.25) is 0 Å². The molecule has 0 spiro atoms. The number of aliphatic hydroxyl groups excluding tert-OH is 1. The molecule has 1 aliphatic rings. The molecular formula is C14H18N2O4S. The molecule has 0 radical (unpaired) electrons. The van der Waals surface area contributed by atoms with Crippen molar-refractivity contribution in [3.05, 3.63) is 29.3 Å². The Hall–Kier alpha value is -1.59. The number of aliphatic hydroxyl groups is 1. The molecule has 0 unspecified atom stereocenters. The van der Waals surface area contributed by atoms with Crippen molar-refractivity contribution in [2.75, 3.05) is 37.6 Å². The van der Waals surface area contributed by atoms with Crippen LogP contribution in [-0.4, -0.2) is 50.7 Å². The standard InChI is InChI=1S/C14H18N2O4S/c1-12-11-13(3-2-8-17)4-5-14(12)15-21(18,19)16-6-9-20-10-7-16/h4-5,11,15,17H,6-10H2,1H3. The first-order valence-corrected chi connectivity index (χ1v) is 8.03. The van der Waals surface area contributed by atoms with Crippen LogP contribution in [-0.2, 0) is 14.9 Å². The summed E-state index contributed by atoms with van der Waals surface area (Å²) in [4.78, 5) is 0. The monoisotopic (exact) mass is 310 g/mol. The van der Waals surface area contributed by atoms with E-state index in [-0.39, 0.29) is 6.61 Å². The van der Waals surface area contributed by atoms with Crippen molar-refractivity contribution in [3.63, 3.8) is 0 Å². The van der Waals surface area contributed by atoms with Gasteiger partial charge in [0, 0.05) is 18.7 Å². The fourth-order valence-electron chi connectivity index (χ4n) is 1.99. The van der Waals surface area contributed by atoms with Crippen molar-refractivity contribution >= 4 is 15.9 Å². The molecule has 0 aromatic heterocycles. The molecule has 1 aliphatic heterocycles. The van der Waals surface area contributed by atoms with Crippen LogP contribution in [0.5, 0.6) is 0 Å². The van der Waals surface area contributed by atoms with Crippen LogP contribution >= 0.6 is 0 Å². The Morgan fingerprint density at radius 3 is 2.71 bits per heavy atom. The van der Waals surface area contributed by atoms with Crippen molar-refractivity contribution in [2.45, 2.75) is 6.92 Å². The minimum Gasteiger partial charge on any atom is -0.384 e. The minimum absolute atomic E-state index is 0.204. The van der Waals surface area contributed by atoms with Gasteiger partial charge in [-0.25, -0.2) is 0 Å². The highest BCUT2D eigenvalue weighted by Crippen LogP contribution is 2.19. The molecule has 0 aliphatic carbocycles. The van der Waals surface area contributed by atoms with Crippen LogP contribution in [0.15, 0.2) is 18.2 Å². The first-order chi connectivity index (χ1) is 10.0. The van der Waals surface area contributed by atoms with Crippen molar-refractivity contribution in [2.24, 2.45) is 0 Å². The van der Waals surface area contributed by atoms with Crippen molar-refractivity contribution in [1.82, 2.24) is 4.31 Å². The third kappa shape index (κ3) is 4.19. The van der Waals surface area contributed by atoms with Gasteiger partial charge in [-0.2, -0.15) is 12.7 Å². The summed E-state index contributed by atoms with van der Waals surface area (Å²) in [7, 11) is -3.56. The van der Waals surface area contributed by atoms with Crippen LogP contribution in [0.25, 0.3) is 0 Å². The number of hydrogen-bond donors (Lipinski definition) is 2. The molecular weight excluding hydrogens is 292 g/mol. The highest BCUT2D eigenvalue weighted by Gasteiger charge is 2.24. The predicted octanol–water partition coefficient (Wildman–Crippen LogP) is 0.328. The van der Waals surface area contributed by atoms with E-state index in [2.05, 4.69) is 16.6 Å². The van der Waals surface area contributed by atoms with Gasteiger partial charge < -0.3 is 9.84 Å². The van der Waals surface area contributed by atoms with Crippen LogP contribution < -0.4 is 4.72 Å². The molecule has 6 nitrogen and oxygen atoms in total. The third-order valence-corrected chi connectivity index (χ3v) is 4.61. The Morgan fingerprint density at radius 1 is 1.38 bits per heavy atom. The number of benzene rings is 1. The number of ether oxygens (including phenoxy) is 1. The van der Waals surface area contributed by atoms with Crippen molar-refractivity contribution < 1.29 is 18.3 Å². The van der Waals surface area contributed by atoms with E-state index in [1.165, 1.54) is 4.31 Å². The second-order valence-corrected chi connectivity index (χ2v) is 6.28. The van der Waals surface area contributed by atoms with Gasteiger partial charge in [-0.1, -0.05) is 11.8 Å². The van der Waals surface area contributed by atoms with Crippen LogP contribution in [0.4, 0.5) is 5.69 Å². The Bertz CT molecular complexity index is 655. The van der Waals surface area contributed by atoms with E-state index in [0.29, 0.717) is 32.0 Å². The molecule has 1 fully saturated rings. The van der Waals surface area contributed by atoms with Gasteiger partial charge in [-0.05, 0) is 30.7 Å². The molecule has 1 heterocycles. The lowest BCUT2D eigenvalue weighted by atomic mass is 10.1. The second kappa shape index (κ2) is 6.91. The van der Waals surface area contributed by atoms with Gasteiger partial charge in [-0.3, -0.25) is 4.72 Å². The summed E-state index contributed by atoms with van der Waals surface area (Å²) in [6.07, 6.45) is 0. The van der Waals surface area contributed by atoms with Crippen LogP contribution in [0.3, 0.4) is 0 Å². The number of aryl methyl sites for hydroxylation is 1. The maximum Gasteiger partial charge on any atom is 0.301 e. The summed E-state index contributed by atoms with van der Waals surface area (Å²) in [5, 5.41) is 8.67. The average Bonchev–Trinajstić information content (AvgIpc) is 2.48. The van der Waals surface area contributed by atoms with Crippen molar-refractivity contribution in [3.8, 4) is 11.8 Å². The zero-order chi connectivity index (χ0) is 15.3. The number of rotatable bonds is 3. The van der Waals surface area contributed by atoms with Gasteiger partial charge in [0.1, 0.15) is 6.61 Å². The van der Waals surface area contributed by atoms with E-state index in [9.17, 15) is 8.42 Å². The van der Waals surface area contributed by atoms with Gasteiger partial charge in [0.15, 0.2) is 0 Å². The summed E-state index contributed by atoms with van der Waals surface area (Å²) in [5.74, 6) is 5.34. The highest BCUT2D eigenvalue weighted by atomic mass is 32.2. The summed E-state index contributed by atoms with van der Waals surface area (Å²) >= 11 is 0. The van der Waals surface area contributed by atoms with Gasteiger partial charge in [-0.15, -0.1) is 0 Å². The molecule has 1 saturated heterocycles. The largest absolute Gasteiger partial charge is 0.384 e. The fraction of sp³-hybridized carbons (Fsp3) is 0.429. The lowest BCUT2D eigenvalue weighted by Gasteiger charge is -2.26. The number of anilines is 1. The normalized spacial score (nSPS) is 16.1. The number of hydrogen-bond acceptors (Lipinski definition) is 4. The molecule has 1 aromatic rings. The number of nitrogens with zero attached hydrogens (tertiary/aromatic N) is 1. The smallest absolute Gasteiger partial charge is 0.301 e. The van der Waals surface area contributed by atoms with Crippen LogP contribution in [0.1, 0.15) is 11.1 Å². The molecule has 1 aromatic carbocycles. The Morgan fingerprint density at radius 2 is 2.10 bits per heavy atom. The molecule has 0 amide bonds. The number of morpholine rings is 1. The van der Waals surface area contributed by atoms with E-state index in [1.54, 1.807) is 25.1 Å². The topological polar surface area (TPSA) is 78.9 Å². The molecule has 2 rings (SSSR count). The predicted molar refractivity (Wildman–Crippen MR) is 80.1 cm³/mol. The van der Waals surface area contributed by atoms with Gasteiger partial charge in [0.05, 0.1) is 18.9 Å². The highest BCUT2D eigenvalue weighted by molar-refractivity contribution is 7.90. The maximum atomic E-state index is 12.3. The molecule has 0 bridgehead atoms. The summed E-state index contributed by atoms with van der Waals surface area (Å²) in [6, 6.07) is 5.17. The van der Waals surface area contributed by atoms with Crippen LogP contribution in [0, 0.1) is 18.8 Å². The Balaban J connectivity index is 2.15. The Kier molecular flexibility index (Phi) is 5.20. The molecule has 2 N–H and O–H groups in total. The summed E-state index contributed by atoms with van der Waals surface area (Å²) in [5.41, 5.74) is 2.03. The zero-order valence-electron chi connectivity index (χ0n) is 11.8. The first-order valence-electron chi connectivity index (χ1n) is 6.59.